The van der Waals surface area contributed by atoms with E-state index in [1.54, 1.807) is 28.5 Å². The van der Waals surface area contributed by atoms with Gasteiger partial charge in [0.25, 0.3) is 0 Å². The highest BCUT2D eigenvalue weighted by Crippen LogP contribution is 2.41. The van der Waals surface area contributed by atoms with Crippen LogP contribution in [0.3, 0.4) is 0 Å². The van der Waals surface area contributed by atoms with Crippen molar-refractivity contribution in [3.8, 4) is 11.1 Å². The van der Waals surface area contributed by atoms with Crippen molar-refractivity contribution >= 4 is 57.9 Å². The molecule has 3 aromatic rings. The van der Waals surface area contributed by atoms with E-state index in [4.69, 9.17) is 23.2 Å². The van der Waals surface area contributed by atoms with E-state index < -0.39 is 12.0 Å². The summed E-state index contributed by atoms with van der Waals surface area (Å²) < 4.78 is 0. The van der Waals surface area contributed by atoms with Crippen LogP contribution < -0.4 is 10.2 Å². The van der Waals surface area contributed by atoms with Crippen molar-refractivity contribution in [2.45, 2.75) is 19.8 Å². The highest BCUT2D eigenvalue weighted by molar-refractivity contribution is 7.13. The van der Waals surface area contributed by atoms with E-state index >= 15 is 0 Å². The number of amides is 2. The molecule has 5 nitrogen and oxygen atoms in total. The Bertz CT molecular complexity index is 1050. The summed E-state index contributed by atoms with van der Waals surface area (Å²) in [7, 11) is 0. The summed E-state index contributed by atoms with van der Waals surface area (Å²) in [5.74, 6) is -1.13. The molecule has 2 amide bonds. The first-order valence-corrected chi connectivity index (χ1v) is 11.0. The molecule has 2 aromatic carbocycles. The Balaban J connectivity index is 2.01. The highest BCUT2D eigenvalue weighted by Gasteiger charge is 2.24. The number of halogens is 2. The van der Waals surface area contributed by atoms with Crippen LogP contribution in [-0.2, 0) is 0 Å². The Morgan fingerprint density at radius 2 is 1.83 bits per heavy atom. The number of thiophene rings is 1. The second-order valence-corrected chi connectivity index (χ2v) is 8.28. The number of aromatic carboxylic acids is 1. The molecular formula is C22H20Cl2N2O3S. The van der Waals surface area contributed by atoms with E-state index in [0.29, 0.717) is 27.7 Å². The standard InChI is InChI=1S/C22H20Cl2N2O3S/c1-2-3-11-26(15-7-5-4-6-8-15)22(29)25-19-17(13-30-20(19)21(27)28)16-12-14(23)9-10-18(16)24/h4-10,12-13H,2-3,11H2,1H3,(H,25,29)(H,27,28). The number of hydrogen-bond donors (Lipinski definition) is 2. The Morgan fingerprint density at radius 1 is 1.10 bits per heavy atom. The average Bonchev–Trinajstić information content (AvgIpc) is 3.14. The monoisotopic (exact) mass is 462 g/mol. The minimum atomic E-state index is -1.13. The number of anilines is 2. The van der Waals surface area contributed by atoms with E-state index in [0.717, 1.165) is 29.9 Å². The van der Waals surface area contributed by atoms with Gasteiger partial charge in [0, 0.05) is 38.8 Å². The molecule has 0 aliphatic heterocycles. The molecule has 0 spiro atoms. The highest BCUT2D eigenvalue weighted by atomic mass is 35.5. The number of urea groups is 1. The van der Waals surface area contributed by atoms with Crippen LogP contribution in [0.1, 0.15) is 29.4 Å². The van der Waals surface area contributed by atoms with E-state index in [9.17, 15) is 14.7 Å². The van der Waals surface area contributed by atoms with Crippen molar-refractivity contribution in [1.82, 2.24) is 0 Å². The molecule has 1 aromatic heterocycles. The lowest BCUT2D eigenvalue weighted by atomic mass is 10.1. The van der Waals surface area contributed by atoms with Crippen molar-refractivity contribution in [2.75, 3.05) is 16.8 Å². The van der Waals surface area contributed by atoms with Crippen molar-refractivity contribution < 1.29 is 14.7 Å². The molecule has 0 aliphatic carbocycles. The molecule has 0 atom stereocenters. The molecular weight excluding hydrogens is 443 g/mol. The lowest BCUT2D eigenvalue weighted by Gasteiger charge is -2.23. The van der Waals surface area contributed by atoms with Crippen molar-refractivity contribution in [2.24, 2.45) is 0 Å². The number of benzene rings is 2. The van der Waals surface area contributed by atoms with Gasteiger partial charge < -0.3 is 10.4 Å². The molecule has 30 heavy (non-hydrogen) atoms. The first-order chi connectivity index (χ1) is 14.4. The predicted molar refractivity (Wildman–Crippen MR) is 124 cm³/mol. The fourth-order valence-corrected chi connectivity index (χ4v) is 4.24. The Kier molecular flexibility index (Phi) is 7.37. The molecule has 3 rings (SSSR count). The van der Waals surface area contributed by atoms with Crippen molar-refractivity contribution in [1.29, 1.82) is 0 Å². The van der Waals surface area contributed by atoms with Gasteiger partial charge in [-0.15, -0.1) is 11.3 Å². The topological polar surface area (TPSA) is 69.6 Å². The second kappa shape index (κ2) is 9.98. The number of nitrogens with zero attached hydrogens (tertiary/aromatic N) is 1. The van der Waals surface area contributed by atoms with Crippen LogP contribution in [0.2, 0.25) is 10.0 Å². The summed E-state index contributed by atoms with van der Waals surface area (Å²) in [4.78, 5) is 26.6. The number of carbonyl (C=O) groups is 2. The number of carbonyl (C=O) groups excluding carboxylic acids is 1. The molecule has 0 unspecified atom stereocenters. The third-order valence-corrected chi connectivity index (χ3v) is 6.02. The summed E-state index contributed by atoms with van der Waals surface area (Å²) in [6.45, 7) is 2.55. The third kappa shape index (κ3) is 4.95. The average molecular weight is 463 g/mol. The predicted octanol–water partition coefficient (Wildman–Crippen LogP) is 7.26. The van der Waals surface area contributed by atoms with E-state index in [1.165, 1.54) is 0 Å². The van der Waals surface area contributed by atoms with Crippen LogP contribution in [0, 0.1) is 0 Å². The third-order valence-electron chi connectivity index (χ3n) is 4.48. The molecule has 0 aliphatic rings. The first kappa shape index (κ1) is 22.2. The molecule has 0 saturated carbocycles. The van der Waals surface area contributed by atoms with Crippen LogP contribution >= 0.6 is 34.5 Å². The minimum Gasteiger partial charge on any atom is -0.477 e. The number of nitrogens with one attached hydrogen (secondary N) is 1. The van der Waals surface area contributed by atoms with Gasteiger partial charge >= 0.3 is 12.0 Å². The smallest absolute Gasteiger partial charge is 0.348 e. The molecule has 156 valence electrons. The SMILES string of the molecule is CCCCN(C(=O)Nc1c(-c2cc(Cl)ccc2Cl)csc1C(=O)O)c1ccccc1. The lowest BCUT2D eigenvalue weighted by Crippen LogP contribution is -2.36. The fraction of sp³-hybridized carbons (Fsp3) is 0.182. The van der Waals surface area contributed by atoms with Gasteiger partial charge in [-0.25, -0.2) is 9.59 Å². The maximum atomic E-state index is 13.2. The Morgan fingerprint density at radius 3 is 2.50 bits per heavy atom. The quantitative estimate of drug-likeness (QED) is 0.388. The number of carboxylic acid groups (broad SMARTS) is 1. The van der Waals surface area contributed by atoms with Gasteiger partial charge in [0.2, 0.25) is 0 Å². The van der Waals surface area contributed by atoms with Crippen LogP contribution in [0.15, 0.2) is 53.9 Å². The summed E-state index contributed by atoms with van der Waals surface area (Å²) in [6.07, 6.45) is 1.73. The Labute approximate surface area is 188 Å². The minimum absolute atomic E-state index is 0.0258. The summed E-state index contributed by atoms with van der Waals surface area (Å²) in [6, 6.07) is 13.8. The number of para-hydroxylation sites is 1. The zero-order valence-corrected chi connectivity index (χ0v) is 18.5. The van der Waals surface area contributed by atoms with Crippen LogP contribution in [-0.4, -0.2) is 23.7 Å². The molecule has 0 bridgehead atoms. The van der Waals surface area contributed by atoms with Crippen LogP contribution in [0.5, 0.6) is 0 Å². The van der Waals surface area contributed by atoms with Gasteiger partial charge in [0.1, 0.15) is 4.88 Å². The summed E-state index contributed by atoms with van der Waals surface area (Å²) in [5, 5.41) is 15.0. The molecule has 2 N–H and O–H groups in total. The largest absolute Gasteiger partial charge is 0.477 e. The van der Waals surface area contributed by atoms with Crippen LogP contribution in [0.25, 0.3) is 11.1 Å². The van der Waals surface area contributed by atoms with Gasteiger partial charge in [-0.1, -0.05) is 54.7 Å². The van der Waals surface area contributed by atoms with Crippen LogP contribution in [0.4, 0.5) is 16.2 Å². The number of hydrogen-bond acceptors (Lipinski definition) is 3. The summed E-state index contributed by atoms with van der Waals surface area (Å²) >= 11 is 13.5. The first-order valence-electron chi connectivity index (χ1n) is 9.36. The van der Waals surface area contributed by atoms with Crippen molar-refractivity contribution in [3.05, 3.63) is 68.8 Å². The zero-order valence-electron chi connectivity index (χ0n) is 16.2. The molecule has 0 radical (unpaired) electrons. The van der Waals surface area contributed by atoms with Crippen molar-refractivity contribution in [3.63, 3.8) is 0 Å². The lowest BCUT2D eigenvalue weighted by molar-refractivity contribution is 0.0703. The van der Waals surface area contributed by atoms with Gasteiger partial charge in [-0.2, -0.15) is 0 Å². The van der Waals surface area contributed by atoms with Gasteiger partial charge in [-0.05, 0) is 36.8 Å². The molecule has 0 saturated heterocycles. The normalized spacial score (nSPS) is 10.6. The van der Waals surface area contributed by atoms with Gasteiger partial charge in [-0.3, -0.25) is 4.90 Å². The second-order valence-electron chi connectivity index (χ2n) is 6.55. The van der Waals surface area contributed by atoms with Gasteiger partial charge in [0.05, 0.1) is 5.69 Å². The fourth-order valence-electron chi connectivity index (χ4n) is 2.99. The number of carboxylic acids is 1. The molecule has 1 heterocycles. The Hall–Kier alpha value is -2.54. The van der Waals surface area contributed by atoms with E-state index in [-0.39, 0.29) is 10.6 Å². The van der Waals surface area contributed by atoms with Gasteiger partial charge in [0.15, 0.2) is 0 Å². The number of rotatable bonds is 7. The molecule has 8 heteroatoms. The maximum Gasteiger partial charge on any atom is 0.348 e. The van der Waals surface area contributed by atoms with E-state index in [2.05, 4.69) is 5.32 Å². The zero-order chi connectivity index (χ0) is 21.7. The molecule has 0 fully saturated rings. The number of unbranched alkanes of at least 4 members (excludes halogenated alkanes) is 1. The summed E-state index contributed by atoms with van der Waals surface area (Å²) in [5.41, 5.74) is 2.02. The van der Waals surface area contributed by atoms with E-state index in [1.807, 2.05) is 37.3 Å². The maximum absolute atomic E-state index is 13.2.